The number of carboxylic acids is 2. The number of hydrogen-bond acceptors (Lipinski definition) is 15. The van der Waals surface area contributed by atoms with Crippen LogP contribution >= 0.6 is 56.8 Å². The molecule has 0 saturated carbocycles. The van der Waals surface area contributed by atoms with Crippen molar-refractivity contribution in [3.8, 4) is 0 Å². The van der Waals surface area contributed by atoms with Crippen molar-refractivity contribution < 1.29 is 56.8 Å². The third-order valence-corrected chi connectivity index (χ3v) is 10.3. The molecule has 0 amide bonds. The largest absolute Gasteiger partial charge is 0.479 e. The van der Waals surface area contributed by atoms with Gasteiger partial charge in [-0.1, -0.05) is 33.3 Å². The Hall–Kier alpha value is -0.340. The third-order valence-electron chi connectivity index (χ3n) is 4.78. The highest BCUT2D eigenvalue weighted by Gasteiger charge is 2.29. The molecule has 0 aliphatic heterocycles. The molecule has 45 heavy (non-hydrogen) atoms. The molecule has 2 N–H and O–H groups in total. The number of methoxy groups -OCH3 is 1. The van der Waals surface area contributed by atoms with Gasteiger partial charge in [0, 0.05) is 44.5 Å². The first kappa shape index (κ1) is 51.5. The highest BCUT2D eigenvalue weighted by molar-refractivity contribution is 8.76. The Balaban J connectivity index is -0.000000259. The second-order valence-corrected chi connectivity index (χ2v) is 19.1. The lowest BCUT2D eigenvalue weighted by atomic mass is 10.1. The summed E-state index contributed by atoms with van der Waals surface area (Å²) in [6, 6.07) is 0. The van der Waals surface area contributed by atoms with Crippen molar-refractivity contribution in [2.24, 2.45) is 0 Å². The molecule has 18 heteroatoms. The van der Waals surface area contributed by atoms with Crippen LogP contribution < -0.4 is 0 Å². The Morgan fingerprint density at radius 2 is 1.13 bits per heavy atom. The number of carbonyl (C=O) groups is 4. The van der Waals surface area contributed by atoms with Crippen LogP contribution in [0.15, 0.2) is 0 Å². The Kier molecular flexibility index (Phi) is 32.8. The van der Waals surface area contributed by atoms with Crippen LogP contribution in [0.5, 0.6) is 0 Å². The van der Waals surface area contributed by atoms with Gasteiger partial charge in [0.2, 0.25) is 0 Å². The highest BCUT2D eigenvalue weighted by atomic mass is 33.1. The SMILES string of the molecule is CC(C)(OCCCS)C(=O)O.COC(=O)C(C)(C)OCCCSC(C)=O.CSS(C)(=O)=O.CSSCCCOC(C)(C)C(=O)O. The normalized spacial score (nSPS) is 11.5. The molecule has 270 valence electrons. The number of hydrogen-bond donors (Lipinski definition) is 3. The summed E-state index contributed by atoms with van der Waals surface area (Å²) in [5.41, 5.74) is -3.03. The average Bonchev–Trinajstić information content (AvgIpc) is 2.92. The summed E-state index contributed by atoms with van der Waals surface area (Å²) in [6.07, 6.45) is 7.15. The maximum Gasteiger partial charge on any atom is 0.337 e. The van der Waals surface area contributed by atoms with E-state index in [0.717, 1.165) is 41.6 Å². The van der Waals surface area contributed by atoms with Crippen LogP contribution in [0.2, 0.25) is 0 Å². The van der Waals surface area contributed by atoms with E-state index in [-0.39, 0.29) is 11.1 Å². The highest BCUT2D eigenvalue weighted by Crippen LogP contribution is 2.18. The molecule has 0 rings (SSSR count). The molecule has 0 aliphatic carbocycles. The van der Waals surface area contributed by atoms with E-state index in [9.17, 15) is 27.6 Å². The van der Waals surface area contributed by atoms with Crippen LogP contribution in [0, 0.1) is 0 Å². The zero-order valence-electron chi connectivity index (χ0n) is 28.3. The van der Waals surface area contributed by atoms with Crippen molar-refractivity contribution in [3.05, 3.63) is 0 Å². The van der Waals surface area contributed by atoms with Crippen molar-refractivity contribution in [3.63, 3.8) is 0 Å². The fraction of sp³-hybridized carbons (Fsp3) is 0.852. The van der Waals surface area contributed by atoms with Gasteiger partial charge in [-0.2, -0.15) is 12.6 Å². The molecule has 0 bridgehead atoms. The van der Waals surface area contributed by atoms with Gasteiger partial charge >= 0.3 is 17.9 Å². The van der Waals surface area contributed by atoms with Gasteiger partial charge in [-0.15, -0.1) is 0 Å². The maximum atomic E-state index is 11.2. The number of carboxylic acid groups (broad SMARTS) is 2. The van der Waals surface area contributed by atoms with Gasteiger partial charge in [0.25, 0.3) is 0 Å². The quantitative estimate of drug-likeness (QED) is 0.0660. The van der Waals surface area contributed by atoms with Crippen molar-refractivity contribution >= 4 is 88.7 Å². The first-order valence-electron chi connectivity index (χ1n) is 13.6. The summed E-state index contributed by atoms with van der Waals surface area (Å²) >= 11 is 5.24. The van der Waals surface area contributed by atoms with Crippen LogP contribution in [0.3, 0.4) is 0 Å². The van der Waals surface area contributed by atoms with Crippen LogP contribution in [0.1, 0.15) is 67.7 Å². The van der Waals surface area contributed by atoms with Gasteiger partial charge in [0.05, 0.1) is 7.11 Å². The predicted molar refractivity (Wildman–Crippen MR) is 193 cm³/mol. The minimum Gasteiger partial charge on any atom is -0.479 e. The molecule has 0 saturated heterocycles. The predicted octanol–water partition coefficient (Wildman–Crippen LogP) is 5.39. The van der Waals surface area contributed by atoms with Crippen LogP contribution in [0.4, 0.5) is 0 Å². The standard InChI is InChI=1S/C10H18O4S.C8H16O3S2.C7H14O3S.C2H6O2S2/c1-8(11)15-7-5-6-14-10(2,3)9(12)13-4;1-8(2,7(9)10)11-5-4-6-13-12-3;1-7(2,6(8)9)10-4-3-5-11;1-5-6(2,3)4/h5-7H2,1-4H3;4-6H2,1-3H3,(H,9,10);11H,3-5H2,1-2H3,(H,8,9);1-2H3. The van der Waals surface area contributed by atoms with E-state index in [2.05, 4.69) is 17.4 Å². The average molecular weight is 763 g/mol. The van der Waals surface area contributed by atoms with E-state index in [1.54, 1.807) is 49.3 Å². The third kappa shape index (κ3) is 36.3. The molecule has 0 unspecified atom stereocenters. The number of thioether (sulfide) groups is 1. The Labute approximate surface area is 291 Å². The van der Waals surface area contributed by atoms with Gasteiger partial charge in [0.15, 0.2) is 30.8 Å². The Bertz CT molecular complexity index is 925. The van der Waals surface area contributed by atoms with Crippen molar-refractivity contribution in [1.29, 1.82) is 0 Å². The minimum atomic E-state index is -2.75. The van der Waals surface area contributed by atoms with E-state index in [1.165, 1.54) is 52.2 Å². The van der Waals surface area contributed by atoms with Gasteiger partial charge in [-0.05, 0) is 89.9 Å². The molecule has 0 aliphatic rings. The molecule has 0 aromatic heterocycles. The molecule has 0 heterocycles. The number of esters is 1. The lowest BCUT2D eigenvalue weighted by Crippen LogP contribution is -2.36. The number of carbonyl (C=O) groups excluding carboxylic acids is 2. The molecular weight excluding hydrogens is 709 g/mol. The summed E-state index contributed by atoms with van der Waals surface area (Å²) in [5, 5.41) is 17.4. The van der Waals surface area contributed by atoms with Crippen molar-refractivity contribution in [2.45, 2.75) is 84.5 Å². The fourth-order valence-electron chi connectivity index (χ4n) is 1.95. The zero-order valence-corrected chi connectivity index (χ0v) is 33.3. The summed E-state index contributed by atoms with van der Waals surface area (Å²) in [5.74, 6) is 0.197. The minimum absolute atomic E-state index is 0.0993. The van der Waals surface area contributed by atoms with Gasteiger partial charge in [-0.25, -0.2) is 22.8 Å². The fourth-order valence-corrected chi connectivity index (χ4v) is 3.89. The second-order valence-electron chi connectivity index (χ2n) is 10.2. The topological polar surface area (TPSA) is 180 Å². The van der Waals surface area contributed by atoms with E-state index >= 15 is 0 Å². The summed E-state index contributed by atoms with van der Waals surface area (Å²) in [7, 11) is 2.91. The Morgan fingerprint density at radius 3 is 1.44 bits per heavy atom. The lowest BCUT2D eigenvalue weighted by Gasteiger charge is -2.21. The van der Waals surface area contributed by atoms with Gasteiger partial charge in [-0.3, -0.25) is 4.79 Å². The second kappa shape index (κ2) is 28.7. The number of rotatable bonds is 19. The molecule has 0 spiro atoms. The summed E-state index contributed by atoms with van der Waals surface area (Å²) < 4.78 is 40.2. The number of aliphatic carboxylic acids is 2. The number of thiol groups is 1. The van der Waals surface area contributed by atoms with Crippen LogP contribution in [-0.2, 0) is 47.0 Å². The smallest absolute Gasteiger partial charge is 0.337 e. The van der Waals surface area contributed by atoms with Gasteiger partial charge in [0.1, 0.15) is 0 Å². The van der Waals surface area contributed by atoms with Crippen molar-refractivity contribution in [2.75, 3.05) is 63.0 Å². The lowest BCUT2D eigenvalue weighted by molar-refractivity contribution is -0.165. The Morgan fingerprint density at radius 1 is 0.756 bits per heavy atom. The maximum absolute atomic E-state index is 11.2. The van der Waals surface area contributed by atoms with Gasteiger partial charge < -0.3 is 29.2 Å². The molecular formula is C27H54O12S6. The first-order valence-corrected chi connectivity index (χ1v) is 21.6. The van der Waals surface area contributed by atoms with E-state index < -0.39 is 37.6 Å². The molecule has 0 radical (unpaired) electrons. The molecule has 0 fully saturated rings. The van der Waals surface area contributed by atoms with Crippen LogP contribution in [-0.4, -0.2) is 121 Å². The number of ether oxygens (including phenoxy) is 4. The van der Waals surface area contributed by atoms with E-state index in [1.807, 2.05) is 6.26 Å². The van der Waals surface area contributed by atoms with E-state index in [4.69, 9.17) is 24.4 Å². The summed E-state index contributed by atoms with van der Waals surface area (Å²) in [4.78, 5) is 42.9. The molecule has 0 aromatic rings. The monoisotopic (exact) mass is 762 g/mol. The summed E-state index contributed by atoms with van der Waals surface area (Å²) in [6.45, 7) is 12.5. The molecule has 12 nitrogen and oxygen atoms in total. The molecule has 0 aromatic carbocycles. The molecule has 0 atom stereocenters. The van der Waals surface area contributed by atoms with Crippen molar-refractivity contribution in [1.82, 2.24) is 0 Å². The zero-order chi connectivity index (χ0) is 36.3. The van der Waals surface area contributed by atoms with Crippen LogP contribution in [0.25, 0.3) is 0 Å². The first-order chi connectivity index (χ1) is 20.5. The van der Waals surface area contributed by atoms with E-state index in [0.29, 0.717) is 25.6 Å².